The highest BCUT2D eigenvalue weighted by Gasteiger charge is 2.11. The zero-order chi connectivity index (χ0) is 15.8. The average molecular weight is 287 g/mol. The number of aryl methyl sites for hydroxylation is 1. The minimum absolute atomic E-state index is 0.0566. The van der Waals surface area contributed by atoms with Gasteiger partial charge in [0.2, 0.25) is 0 Å². The highest BCUT2D eigenvalue weighted by molar-refractivity contribution is 6.06. The molecule has 0 aliphatic heterocycles. The minimum atomic E-state index is -0.449. The summed E-state index contributed by atoms with van der Waals surface area (Å²) in [7, 11) is 1.84. The van der Waals surface area contributed by atoms with Crippen LogP contribution in [0.3, 0.4) is 0 Å². The monoisotopic (exact) mass is 287 g/mol. The van der Waals surface area contributed by atoms with Crippen LogP contribution >= 0.6 is 0 Å². The number of rotatable bonds is 6. The van der Waals surface area contributed by atoms with Crippen molar-refractivity contribution in [1.29, 1.82) is 5.26 Å². The van der Waals surface area contributed by atoms with Gasteiger partial charge in [0.05, 0.1) is 0 Å². The van der Waals surface area contributed by atoms with E-state index >= 15 is 0 Å². The van der Waals surface area contributed by atoms with Crippen molar-refractivity contribution in [2.75, 3.05) is 18.9 Å². The van der Waals surface area contributed by atoms with Gasteiger partial charge in [-0.3, -0.25) is 4.79 Å². The molecule has 2 N–H and O–H groups in total. The van der Waals surface area contributed by atoms with Gasteiger partial charge in [-0.15, -0.1) is 0 Å². The molecular formula is C16H21N3O2. The fraction of sp³-hybridized carbons (Fsp3) is 0.375. The van der Waals surface area contributed by atoms with E-state index in [1.807, 2.05) is 18.0 Å². The number of amides is 1. The van der Waals surface area contributed by atoms with E-state index in [0.29, 0.717) is 5.69 Å². The SMILES string of the molecule is CCCCN(C)/C=C(/C#N)C(=O)Nc1ccc(O)cc1C. The van der Waals surface area contributed by atoms with E-state index in [-0.39, 0.29) is 11.3 Å². The first kappa shape index (κ1) is 16.6. The molecule has 0 saturated carbocycles. The Morgan fingerprint density at radius 1 is 1.52 bits per heavy atom. The summed E-state index contributed by atoms with van der Waals surface area (Å²) in [5.74, 6) is -0.310. The van der Waals surface area contributed by atoms with Gasteiger partial charge in [0.25, 0.3) is 5.91 Å². The van der Waals surface area contributed by atoms with Gasteiger partial charge in [0.15, 0.2) is 0 Å². The number of benzene rings is 1. The van der Waals surface area contributed by atoms with Crippen molar-refractivity contribution in [3.63, 3.8) is 0 Å². The van der Waals surface area contributed by atoms with Gasteiger partial charge < -0.3 is 15.3 Å². The van der Waals surface area contributed by atoms with Gasteiger partial charge >= 0.3 is 0 Å². The Morgan fingerprint density at radius 2 is 2.24 bits per heavy atom. The van der Waals surface area contributed by atoms with E-state index in [1.54, 1.807) is 25.3 Å². The normalized spacial score (nSPS) is 10.9. The first-order valence-corrected chi connectivity index (χ1v) is 6.91. The van der Waals surface area contributed by atoms with Crippen molar-refractivity contribution in [1.82, 2.24) is 4.90 Å². The standard InChI is InChI=1S/C16H21N3O2/c1-4-5-8-19(3)11-13(10-17)16(21)18-15-7-6-14(20)9-12(15)2/h6-7,9,11,20H,4-5,8H2,1-3H3,(H,18,21)/b13-11-. The first-order valence-electron chi connectivity index (χ1n) is 6.91. The van der Waals surface area contributed by atoms with E-state index in [4.69, 9.17) is 5.26 Å². The molecule has 0 aliphatic rings. The number of phenols is 1. The topological polar surface area (TPSA) is 76.4 Å². The molecule has 112 valence electrons. The van der Waals surface area contributed by atoms with Crippen LogP contribution in [-0.2, 0) is 4.79 Å². The van der Waals surface area contributed by atoms with Crippen LogP contribution < -0.4 is 5.32 Å². The van der Waals surface area contributed by atoms with E-state index in [0.717, 1.165) is 24.9 Å². The van der Waals surface area contributed by atoms with Gasteiger partial charge in [-0.05, 0) is 37.1 Å². The van der Waals surface area contributed by atoms with Crippen LogP contribution in [0.5, 0.6) is 5.75 Å². The van der Waals surface area contributed by atoms with Gasteiger partial charge in [-0.2, -0.15) is 5.26 Å². The van der Waals surface area contributed by atoms with E-state index in [9.17, 15) is 9.90 Å². The van der Waals surface area contributed by atoms with E-state index < -0.39 is 5.91 Å². The molecular weight excluding hydrogens is 266 g/mol. The minimum Gasteiger partial charge on any atom is -0.508 e. The van der Waals surface area contributed by atoms with Crippen LogP contribution in [0.15, 0.2) is 30.0 Å². The van der Waals surface area contributed by atoms with Crippen LogP contribution in [0.4, 0.5) is 5.69 Å². The fourth-order valence-corrected chi connectivity index (χ4v) is 1.81. The molecule has 1 amide bonds. The van der Waals surface area contributed by atoms with Crippen LogP contribution in [0.25, 0.3) is 0 Å². The maximum atomic E-state index is 12.1. The molecule has 0 saturated heterocycles. The van der Waals surface area contributed by atoms with Crippen molar-refractivity contribution in [3.8, 4) is 11.8 Å². The molecule has 0 unspecified atom stereocenters. The lowest BCUT2D eigenvalue weighted by Crippen LogP contribution is -2.19. The number of carbonyl (C=O) groups excluding carboxylic acids is 1. The number of phenolic OH excluding ortho intramolecular Hbond substituents is 1. The summed E-state index contributed by atoms with van der Waals surface area (Å²) in [6.45, 7) is 4.66. The number of hydrogen-bond donors (Lipinski definition) is 2. The lowest BCUT2D eigenvalue weighted by Gasteiger charge is -2.14. The summed E-state index contributed by atoms with van der Waals surface area (Å²) in [6, 6.07) is 6.57. The molecule has 0 heterocycles. The molecule has 5 heteroatoms. The summed E-state index contributed by atoms with van der Waals surface area (Å²) < 4.78 is 0. The zero-order valence-corrected chi connectivity index (χ0v) is 12.7. The number of anilines is 1. The predicted molar refractivity (Wildman–Crippen MR) is 82.7 cm³/mol. The summed E-state index contributed by atoms with van der Waals surface area (Å²) >= 11 is 0. The molecule has 0 aliphatic carbocycles. The number of carbonyl (C=O) groups is 1. The van der Waals surface area contributed by atoms with Crippen LogP contribution in [0, 0.1) is 18.3 Å². The molecule has 0 atom stereocenters. The number of aromatic hydroxyl groups is 1. The molecule has 1 aromatic rings. The Bertz CT molecular complexity index is 573. The van der Waals surface area contributed by atoms with E-state index in [1.165, 1.54) is 6.07 Å². The molecule has 21 heavy (non-hydrogen) atoms. The number of unbranched alkanes of at least 4 members (excludes halogenated alkanes) is 1. The molecule has 0 radical (unpaired) electrons. The summed E-state index contributed by atoms with van der Waals surface area (Å²) in [4.78, 5) is 13.9. The Labute approximate surface area is 125 Å². The number of nitrogens with zero attached hydrogens (tertiary/aromatic N) is 2. The average Bonchev–Trinajstić information content (AvgIpc) is 2.45. The lowest BCUT2D eigenvalue weighted by atomic mass is 10.2. The number of nitriles is 1. The Kier molecular flexibility index (Phi) is 6.28. The van der Waals surface area contributed by atoms with Crippen LogP contribution in [0.1, 0.15) is 25.3 Å². The molecule has 0 aromatic heterocycles. The maximum Gasteiger partial charge on any atom is 0.267 e. The Morgan fingerprint density at radius 3 is 2.81 bits per heavy atom. The van der Waals surface area contributed by atoms with Gasteiger partial charge in [-0.25, -0.2) is 0 Å². The molecule has 1 aromatic carbocycles. The van der Waals surface area contributed by atoms with Crippen molar-refractivity contribution >= 4 is 11.6 Å². The van der Waals surface area contributed by atoms with Gasteiger partial charge in [0, 0.05) is 25.5 Å². The van der Waals surface area contributed by atoms with Crippen molar-refractivity contribution in [3.05, 3.63) is 35.5 Å². The third-order valence-electron chi connectivity index (χ3n) is 3.04. The highest BCUT2D eigenvalue weighted by atomic mass is 16.3. The smallest absolute Gasteiger partial charge is 0.267 e. The zero-order valence-electron chi connectivity index (χ0n) is 12.7. The number of nitrogens with one attached hydrogen (secondary N) is 1. The highest BCUT2D eigenvalue weighted by Crippen LogP contribution is 2.20. The second kappa shape index (κ2) is 7.95. The maximum absolute atomic E-state index is 12.1. The van der Waals surface area contributed by atoms with Crippen molar-refractivity contribution < 1.29 is 9.90 Å². The summed E-state index contributed by atoms with van der Waals surface area (Å²) in [6.07, 6.45) is 3.62. The van der Waals surface area contributed by atoms with Crippen molar-refractivity contribution in [2.45, 2.75) is 26.7 Å². The second-order valence-electron chi connectivity index (χ2n) is 4.94. The van der Waals surface area contributed by atoms with E-state index in [2.05, 4.69) is 12.2 Å². The molecule has 5 nitrogen and oxygen atoms in total. The van der Waals surface area contributed by atoms with Crippen LogP contribution in [-0.4, -0.2) is 29.5 Å². The molecule has 1 rings (SSSR count). The number of hydrogen-bond acceptors (Lipinski definition) is 4. The summed E-state index contributed by atoms with van der Waals surface area (Å²) in [5, 5.41) is 21.1. The first-order chi connectivity index (χ1) is 9.97. The Hall–Kier alpha value is -2.48. The van der Waals surface area contributed by atoms with Crippen molar-refractivity contribution in [2.24, 2.45) is 0 Å². The summed E-state index contributed by atoms with van der Waals surface area (Å²) in [5.41, 5.74) is 1.37. The Balaban J connectivity index is 2.80. The van der Waals surface area contributed by atoms with Crippen LogP contribution in [0.2, 0.25) is 0 Å². The molecule has 0 spiro atoms. The largest absolute Gasteiger partial charge is 0.508 e. The second-order valence-corrected chi connectivity index (χ2v) is 4.94. The third-order valence-corrected chi connectivity index (χ3v) is 3.04. The fourth-order valence-electron chi connectivity index (χ4n) is 1.81. The lowest BCUT2D eigenvalue weighted by molar-refractivity contribution is -0.112. The van der Waals surface area contributed by atoms with Gasteiger partial charge in [0.1, 0.15) is 17.4 Å². The van der Waals surface area contributed by atoms with Gasteiger partial charge in [-0.1, -0.05) is 13.3 Å². The third kappa shape index (κ3) is 5.19. The quantitative estimate of drug-likeness (QED) is 0.479. The predicted octanol–water partition coefficient (Wildman–Crippen LogP) is 2.78. The molecule has 0 fully saturated rings. The molecule has 0 bridgehead atoms.